The minimum atomic E-state index is -0.606. The third kappa shape index (κ3) is 2.31. The highest BCUT2D eigenvalue weighted by Gasteiger charge is 2.45. The number of hydrogen-bond donors (Lipinski definition) is 1. The molecule has 2 aliphatic heterocycles. The molecule has 0 amide bonds. The standard InChI is InChI=1S/C19H18O7/c1-22-9-4-11(20)18-15(5-9)26-16-8-25-12-7-14(24-3)13(23-2)6-10(12)17(16)19(18)21/h4-7,16-17,20H,8H2,1-3H3/t16-,17+/m0/s1. The number of carbonyl (C=O) groups excluding carboxylic acids is 1. The normalized spacial score (nSPS) is 20.0. The number of phenols is 1. The zero-order valence-electron chi connectivity index (χ0n) is 14.6. The number of carbonyl (C=O) groups is 1. The lowest BCUT2D eigenvalue weighted by Crippen LogP contribution is -2.43. The van der Waals surface area contributed by atoms with E-state index in [9.17, 15) is 9.90 Å². The molecule has 2 atom stereocenters. The van der Waals surface area contributed by atoms with Crippen LogP contribution in [0.15, 0.2) is 24.3 Å². The van der Waals surface area contributed by atoms with Crippen LogP contribution in [0.25, 0.3) is 0 Å². The number of Topliss-reactive ketones (excluding diaryl/α,β-unsaturated/α-hetero) is 1. The third-order valence-corrected chi connectivity index (χ3v) is 4.72. The smallest absolute Gasteiger partial charge is 0.181 e. The van der Waals surface area contributed by atoms with Crippen molar-refractivity contribution in [1.82, 2.24) is 0 Å². The van der Waals surface area contributed by atoms with Crippen LogP contribution in [0.3, 0.4) is 0 Å². The Balaban J connectivity index is 1.84. The maximum absolute atomic E-state index is 13.2. The van der Waals surface area contributed by atoms with Crippen LogP contribution in [-0.4, -0.2) is 44.9 Å². The van der Waals surface area contributed by atoms with Crippen molar-refractivity contribution in [3.63, 3.8) is 0 Å². The van der Waals surface area contributed by atoms with Crippen LogP contribution in [0.5, 0.6) is 34.5 Å². The lowest BCUT2D eigenvalue weighted by Gasteiger charge is -2.37. The van der Waals surface area contributed by atoms with E-state index in [1.807, 2.05) is 0 Å². The Labute approximate surface area is 150 Å². The summed E-state index contributed by atoms with van der Waals surface area (Å²) in [6.45, 7) is 0.205. The van der Waals surface area contributed by atoms with Gasteiger partial charge in [0.2, 0.25) is 0 Å². The molecule has 0 aliphatic carbocycles. The molecule has 2 aromatic carbocycles. The topological polar surface area (TPSA) is 83.5 Å². The van der Waals surface area contributed by atoms with Gasteiger partial charge < -0.3 is 28.8 Å². The second-order valence-electron chi connectivity index (χ2n) is 6.07. The molecule has 0 saturated heterocycles. The Hall–Kier alpha value is -3.09. The summed E-state index contributed by atoms with van der Waals surface area (Å²) in [6, 6.07) is 6.40. The van der Waals surface area contributed by atoms with Crippen LogP contribution in [0.2, 0.25) is 0 Å². The number of rotatable bonds is 3. The summed E-state index contributed by atoms with van der Waals surface area (Å²) >= 11 is 0. The fraction of sp³-hybridized carbons (Fsp3) is 0.316. The van der Waals surface area contributed by atoms with Crippen LogP contribution in [0.1, 0.15) is 21.8 Å². The number of aromatic hydroxyl groups is 1. The molecule has 26 heavy (non-hydrogen) atoms. The first kappa shape index (κ1) is 16.4. The number of phenolic OH excluding ortho intramolecular Hbond substituents is 1. The summed E-state index contributed by atoms with van der Waals surface area (Å²) in [6.07, 6.45) is -0.507. The molecular formula is C19H18O7. The van der Waals surface area contributed by atoms with Gasteiger partial charge in [-0.1, -0.05) is 0 Å². The summed E-state index contributed by atoms with van der Waals surface area (Å²) in [4.78, 5) is 13.2. The molecule has 0 fully saturated rings. The summed E-state index contributed by atoms with van der Waals surface area (Å²) < 4.78 is 27.5. The van der Waals surface area contributed by atoms with Gasteiger partial charge in [-0.05, 0) is 6.07 Å². The maximum Gasteiger partial charge on any atom is 0.181 e. The predicted molar refractivity (Wildman–Crippen MR) is 91.2 cm³/mol. The molecule has 136 valence electrons. The van der Waals surface area contributed by atoms with Gasteiger partial charge in [-0.2, -0.15) is 0 Å². The van der Waals surface area contributed by atoms with Crippen molar-refractivity contribution < 1.29 is 33.6 Å². The van der Waals surface area contributed by atoms with Gasteiger partial charge in [0.15, 0.2) is 17.3 Å². The second kappa shape index (κ2) is 6.01. The minimum Gasteiger partial charge on any atom is -0.507 e. The summed E-state index contributed by atoms with van der Waals surface area (Å²) in [5.41, 5.74) is 0.791. The summed E-state index contributed by atoms with van der Waals surface area (Å²) in [5.74, 6) is 1.25. The largest absolute Gasteiger partial charge is 0.507 e. The molecule has 1 N–H and O–H groups in total. The van der Waals surface area contributed by atoms with Gasteiger partial charge in [-0.15, -0.1) is 0 Å². The zero-order valence-corrected chi connectivity index (χ0v) is 14.6. The molecule has 0 unspecified atom stereocenters. The second-order valence-corrected chi connectivity index (χ2v) is 6.07. The molecule has 0 aromatic heterocycles. The highest BCUT2D eigenvalue weighted by atomic mass is 16.5. The Bertz CT molecular complexity index is 890. The Kier molecular flexibility index (Phi) is 3.79. The van der Waals surface area contributed by atoms with Gasteiger partial charge in [0, 0.05) is 23.8 Å². The maximum atomic E-state index is 13.2. The van der Waals surface area contributed by atoms with Gasteiger partial charge in [0.25, 0.3) is 0 Å². The van der Waals surface area contributed by atoms with Crippen molar-refractivity contribution in [3.05, 3.63) is 35.4 Å². The van der Waals surface area contributed by atoms with E-state index >= 15 is 0 Å². The first-order chi connectivity index (χ1) is 12.6. The van der Waals surface area contributed by atoms with Crippen molar-refractivity contribution in [2.24, 2.45) is 0 Å². The first-order valence-electron chi connectivity index (χ1n) is 8.08. The lowest BCUT2D eigenvalue weighted by atomic mass is 9.81. The van der Waals surface area contributed by atoms with Crippen molar-refractivity contribution >= 4 is 5.78 Å². The summed E-state index contributed by atoms with van der Waals surface area (Å²) in [7, 11) is 4.54. The molecular weight excluding hydrogens is 340 g/mol. The quantitative estimate of drug-likeness (QED) is 0.903. The van der Waals surface area contributed by atoms with E-state index in [2.05, 4.69) is 0 Å². The Morgan fingerprint density at radius 2 is 1.73 bits per heavy atom. The number of ketones is 1. The van der Waals surface area contributed by atoms with E-state index in [-0.39, 0.29) is 23.7 Å². The van der Waals surface area contributed by atoms with Gasteiger partial charge in [-0.3, -0.25) is 4.79 Å². The van der Waals surface area contributed by atoms with Crippen LogP contribution < -0.4 is 23.7 Å². The average molecular weight is 358 g/mol. The number of methoxy groups -OCH3 is 3. The fourth-order valence-corrected chi connectivity index (χ4v) is 3.48. The van der Waals surface area contributed by atoms with Crippen LogP contribution in [0, 0.1) is 0 Å². The molecule has 0 bridgehead atoms. The molecule has 7 nitrogen and oxygen atoms in total. The highest BCUT2D eigenvalue weighted by Crippen LogP contribution is 2.48. The Morgan fingerprint density at radius 1 is 1.00 bits per heavy atom. The van der Waals surface area contributed by atoms with E-state index in [4.69, 9.17) is 23.7 Å². The van der Waals surface area contributed by atoms with E-state index in [0.29, 0.717) is 34.3 Å². The first-order valence-corrected chi connectivity index (χ1v) is 8.08. The van der Waals surface area contributed by atoms with Crippen LogP contribution >= 0.6 is 0 Å². The zero-order chi connectivity index (χ0) is 18.4. The number of benzene rings is 2. The molecule has 0 saturated carbocycles. The van der Waals surface area contributed by atoms with E-state index in [1.165, 1.54) is 27.4 Å². The van der Waals surface area contributed by atoms with E-state index < -0.39 is 12.0 Å². The minimum absolute atomic E-state index is 0.148. The molecule has 0 spiro atoms. The molecule has 2 aliphatic rings. The van der Waals surface area contributed by atoms with Gasteiger partial charge in [-0.25, -0.2) is 0 Å². The van der Waals surface area contributed by atoms with Gasteiger partial charge in [0.1, 0.15) is 41.3 Å². The molecule has 4 rings (SSSR count). The average Bonchev–Trinajstić information content (AvgIpc) is 2.65. The molecule has 2 heterocycles. The third-order valence-electron chi connectivity index (χ3n) is 4.72. The SMILES string of the molecule is COc1cc(O)c2c(c1)O[C@H]1COc3cc(OC)c(OC)cc3[C@H]1C2=O. The van der Waals surface area contributed by atoms with E-state index in [0.717, 1.165) is 0 Å². The van der Waals surface area contributed by atoms with Crippen LogP contribution in [0.4, 0.5) is 0 Å². The number of hydrogen-bond acceptors (Lipinski definition) is 7. The fourth-order valence-electron chi connectivity index (χ4n) is 3.48. The van der Waals surface area contributed by atoms with Crippen molar-refractivity contribution in [2.45, 2.75) is 12.0 Å². The van der Waals surface area contributed by atoms with E-state index in [1.54, 1.807) is 18.2 Å². The highest BCUT2D eigenvalue weighted by molar-refractivity contribution is 6.07. The molecule has 0 radical (unpaired) electrons. The number of fused-ring (bicyclic) bond motifs is 4. The van der Waals surface area contributed by atoms with Crippen molar-refractivity contribution in [3.8, 4) is 34.5 Å². The number of ether oxygens (including phenoxy) is 5. The molecule has 7 heteroatoms. The Morgan fingerprint density at radius 3 is 2.42 bits per heavy atom. The predicted octanol–water partition coefficient (Wildman–Crippen LogP) is 2.54. The van der Waals surface area contributed by atoms with Crippen LogP contribution in [-0.2, 0) is 0 Å². The lowest BCUT2D eigenvalue weighted by molar-refractivity contribution is 0.0552. The van der Waals surface area contributed by atoms with Crippen molar-refractivity contribution in [2.75, 3.05) is 27.9 Å². The summed E-state index contributed by atoms with van der Waals surface area (Å²) in [5, 5.41) is 10.3. The van der Waals surface area contributed by atoms with Crippen molar-refractivity contribution in [1.29, 1.82) is 0 Å². The van der Waals surface area contributed by atoms with Gasteiger partial charge >= 0.3 is 0 Å². The monoisotopic (exact) mass is 358 g/mol. The molecule has 2 aromatic rings. The van der Waals surface area contributed by atoms with Gasteiger partial charge in [0.05, 0.1) is 27.2 Å².